The molecule has 2 atom stereocenters. The molecule has 3 N–H and O–H groups in total. The monoisotopic (exact) mass is 244 g/mol. The molecule has 0 aromatic carbocycles. The van der Waals surface area contributed by atoms with Crippen molar-refractivity contribution in [3.05, 3.63) is 0 Å². The van der Waals surface area contributed by atoms with E-state index in [2.05, 4.69) is 17.6 Å². The van der Waals surface area contributed by atoms with Crippen molar-refractivity contribution in [3.8, 4) is 0 Å². The maximum atomic E-state index is 10.2. The van der Waals surface area contributed by atoms with Gasteiger partial charge in [-0.25, -0.2) is 0 Å². The fourth-order valence-corrected chi connectivity index (χ4v) is 2.15. The van der Waals surface area contributed by atoms with Crippen LogP contribution in [0.25, 0.3) is 0 Å². The van der Waals surface area contributed by atoms with E-state index in [4.69, 9.17) is 4.74 Å². The summed E-state index contributed by atoms with van der Waals surface area (Å²) < 4.78 is 5.43. The third-order valence-corrected chi connectivity index (χ3v) is 3.73. The van der Waals surface area contributed by atoms with Gasteiger partial charge in [-0.3, -0.25) is 0 Å². The highest BCUT2D eigenvalue weighted by atomic mass is 16.5. The third kappa shape index (κ3) is 5.34. The van der Waals surface area contributed by atoms with Gasteiger partial charge in [-0.15, -0.1) is 0 Å². The first-order valence-electron chi connectivity index (χ1n) is 6.86. The Morgan fingerprint density at radius 1 is 1.47 bits per heavy atom. The molecule has 0 radical (unpaired) electrons. The van der Waals surface area contributed by atoms with E-state index in [9.17, 15) is 5.11 Å². The van der Waals surface area contributed by atoms with Gasteiger partial charge >= 0.3 is 0 Å². The summed E-state index contributed by atoms with van der Waals surface area (Å²) in [5.41, 5.74) is -0.551. The zero-order chi connectivity index (χ0) is 12.7. The number of hydrogen-bond acceptors (Lipinski definition) is 4. The second kappa shape index (κ2) is 7.31. The van der Waals surface area contributed by atoms with Crippen LogP contribution in [-0.4, -0.2) is 49.1 Å². The summed E-state index contributed by atoms with van der Waals surface area (Å²) in [5.74, 6) is 0. The predicted octanol–water partition coefficient (Wildman–Crippen LogP) is 0.894. The van der Waals surface area contributed by atoms with E-state index in [-0.39, 0.29) is 0 Å². The maximum Gasteiger partial charge on any atom is 0.0766 e. The maximum absolute atomic E-state index is 10.2. The normalized spacial score (nSPS) is 23.6. The molecule has 4 nitrogen and oxygen atoms in total. The van der Waals surface area contributed by atoms with Crippen molar-refractivity contribution < 1.29 is 9.84 Å². The summed E-state index contributed by atoms with van der Waals surface area (Å²) in [6, 6.07) is 0.849. The van der Waals surface area contributed by atoms with Gasteiger partial charge in [0.25, 0.3) is 0 Å². The third-order valence-electron chi connectivity index (χ3n) is 3.73. The minimum atomic E-state index is -0.551. The van der Waals surface area contributed by atoms with Gasteiger partial charge in [0.05, 0.1) is 18.8 Å². The van der Waals surface area contributed by atoms with Gasteiger partial charge in [0, 0.05) is 25.2 Å². The van der Waals surface area contributed by atoms with Crippen LogP contribution in [0.4, 0.5) is 0 Å². The van der Waals surface area contributed by atoms with E-state index in [1.54, 1.807) is 0 Å². The fourth-order valence-electron chi connectivity index (χ4n) is 2.15. The Hall–Kier alpha value is -0.160. The number of rotatable bonds is 7. The van der Waals surface area contributed by atoms with Crippen molar-refractivity contribution in [3.63, 3.8) is 0 Å². The summed E-state index contributed by atoms with van der Waals surface area (Å²) in [4.78, 5) is 0. The Kier molecular flexibility index (Phi) is 6.41. The van der Waals surface area contributed by atoms with Gasteiger partial charge < -0.3 is 20.5 Å². The lowest BCUT2D eigenvalue weighted by molar-refractivity contribution is 0.0281. The number of hydrogen-bond donors (Lipinski definition) is 3. The van der Waals surface area contributed by atoms with Gasteiger partial charge in [-0.2, -0.15) is 0 Å². The van der Waals surface area contributed by atoms with Gasteiger partial charge in [-0.1, -0.05) is 13.8 Å². The first-order chi connectivity index (χ1) is 8.09. The van der Waals surface area contributed by atoms with Crippen LogP contribution in [0.2, 0.25) is 0 Å². The minimum absolute atomic E-state index is 0.402. The van der Waals surface area contributed by atoms with Crippen LogP contribution >= 0.6 is 0 Å². The molecule has 0 aromatic heterocycles. The highest BCUT2D eigenvalue weighted by Gasteiger charge is 2.23. The largest absolute Gasteiger partial charge is 0.389 e. The number of aliphatic hydroxyl groups is 1. The molecule has 0 bridgehead atoms. The molecule has 0 saturated carbocycles. The van der Waals surface area contributed by atoms with Crippen LogP contribution in [-0.2, 0) is 4.74 Å². The summed E-state index contributed by atoms with van der Waals surface area (Å²) >= 11 is 0. The fraction of sp³-hybridized carbons (Fsp3) is 1.00. The molecular weight excluding hydrogens is 216 g/mol. The highest BCUT2D eigenvalue weighted by molar-refractivity contribution is 4.81. The van der Waals surface area contributed by atoms with Crippen LogP contribution in [0.3, 0.4) is 0 Å². The van der Waals surface area contributed by atoms with E-state index in [1.165, 1.54) is 0 Å². The van der Waals surface area contributed by atoms with Crippen molar-refractivity contribution in [2.45, 2.75) is 57.7 Å². The second-order valence-electron chi connectivity index (χ2n) is 5.18. The number of morpholine rings is 1. The summed E-state index contributed by atoms with van der Waals surface area (Å²) in [6.07, 6.45) is 2.64. The Bertz CT molecular complexity index is 202. The first kappa shape index (κ1) is 14.9. The lowest BCUT2D eigenvalue weighted by Gasteiger charge is -2.30. The standard InChI is InChI=1S/C13H28N2O2/c1-4-13(16,5-2)10-15-11(3)8-12-9-17-7-6-14-12/h11-12,14-16H,4-10H2,1-3H3. The van der Waals surface area contributed by atoms with E-state index in [0.29, 0.717) is 18.6 Å². The van der Waals surface area contributed by atoms with E-state index in [0.717, 1.165) is 39.0 Å². The summed E-state index contributed by atoms with van der Waals surface area (Å²) in [6.45, 7) is 9.49. The Morgan fingerprint density at radius 2 is 2.18 bits per heavy atom. The molecule has 1 heterocycles. The van der Waals surface area contributed by atoms with Gasteiger partial charge in [0.15, 0.2) is 0 Å². The van der Waals surface area contributed by atoms with Crippen molar-refractivity contribution in [2.24, 2.45) is 0 Å². The Morgan fingerprint density at radius 3 is 2.71 bits per heavy atom. The van der Waals surface area contributed by atoms with Crippen molar-refractivity contribution in [1.82, 2.24) is 10.6 Å². The molecule has 4 heteroatoms. The average molecular weight is 244 g/mol. The van der Waals surface area contributed by atoms with Crippen LogP contribution in [0, 0.1) is 0 Å². The zero-order valence-corrected chi connectivity index (χ0v) is 11.5. The van der Waals surface area contributed by atoms with Crippen molar-refractivity contribution in [2.75, 3.05) is 26.3 Å². The van der Waals surface area contributed by atoms with Crippen LogP contribution < -0.4 is 10.6 Å². The lowest BCUT2D eigenvalue weighted by atomic mass is 9.97. The van der Waals surface area contributed by atoms with Crippen molar-refractivity contribution in [1.29, 1.82) is 0 Å². The molecule has 102 valence electrons. The van der Waals surface area contributed by atoms with Crippen LogP contribution in [0.5, 0.6) is 0 Å². The van der Waals surface area contributed by atoms with Gasteiger partial charge in [0.2, 0.25) is 0 Å². The molecule has 17 heavy (non-hydrogen) atoms. The molecule has 0 amide bonds. The number of ether oxygens (including phenoxy) is 1. The highest BCUT2D eigenvalue weighted by Crippen LogP contribution is 2.13. The minimum Gasteiger partial charge on any atom is -0.389 e. The Balaban J connectivity index is 2.21. The lowest BCUT2D eigenvalue weighted by Crippen LogP contribution is -2.48. The number of nitrogens with one attached hydrogen (secondary N) is 2. The van der Waals surface area contributed by atoms with Gasteiger partial charge in [-0.05, 0) is 26.2 Å². The first-order valence-corrected chi connectivity index (χ1v) is 6.86. The van der Waals surface area contributed by atoms with Crippen LogP contribution in [0.15, 0.2) is 0 Å². The van der Waals surface area contributed by atoms with E-state index in [1.807, 2.05) is 13.8 Å². The van der Waals surface area contributed by atoms with E-state index < -0.39 is 5.60 Å². The molecule has 1 saturated heterocycles. The SMILES string of the molecule is CCC(O)(CC)CNC(C)CC1COCCN1. The molecular formula is C13H28N2O2. The smallest absolute Gasteiger partial charge is 0.0766 e. The molecule has 0 spiro atoms. The molecule has 1 aliphatic heterocycles. The van der Waals surface area contributed by atoms with Gasteiger partial charge in [0.1, 0.15) is 0 Å². The predicted molar refractivity (Wildman–Crippen MR) is 70.2 cm³/mol. The average Bonchev–Trinajstić information content (AvgIpc) is 2.37. The molecule has 1 aliphatic rings. The van der Waals surface area contributed by atoms with Crippen LogP contribution in [0.1, 0.15) is 40.0 Å². The molecule has 0 aliphatic carbocycles. The Labute approximate surface area is 105 Å². The van der Waals surface area contributed by atoms with Crippen molar-refractivity contribution >= 4 is 0 Å². The van der Waals surface area contributed by atoms with E-state index >= 15 is 0 Å². The molecule has 1 rings (SSSR count). The second-order valence-corrected chi connectivity index (χ2v) is 5.18. The topological polar surface area (TPSA) is 53.5 Å². The zero-order valence-electron chi connectivity index (χ0n) is 11.5. The quantitative estimate of drug-likeness (QED) is 0.623. The molecule has 1 fully saturated rings. The summed E-state index contributed by atoms with van der Waals surface area (Å²) in [5, 5.41) is 17.1. The molecule has 2 unspecified atom stereocenters. The molecule has 0 aromatic rings. The summed E-state index contributed by atoms with van der Waals surface area (Å²) in [7, 11) is 0.